The molecule has 3 heterocycles. The van der Waals surface area contributed by atoms with Crippen LogP contribution in [0.4, 0.5) is 0 Å². The number of fused-ring (bicyclic) bond motifs is 4. The van der Waals surface area contributed by atoms with E-state index in [2.05, 4.69) is 15.6 Å². The lowest BCUT2D eigenvalue weighted by atomic mass is 10.00. The molecule has 0 fully saturated rings. The van der Waals surface area contributed by atoms with E-state index in [1.54, 1.807) is 4.90 Å². The quantitative estimate of drug-likeness (QED) is 0.340. The number of nitrogens with one attached hydrogen (secondary N) is 1. The summed E-state index contributed by atoms with van der Waals surface area (Å²) in [6.07, 6.45) is 0.574. The summed E-state index contributed by atoms with van der Waals surface area (Å²) < 4.78 is 1.51. The highest BCUT2D eigenvalue weighted by Gasteiger charge is 2.42. The van der Waals surface area contributed by atoms with Crippen LogP contribution < -0.4 is 5.32 Å². The van der Waals surface area contributed by atoms with Gasteiger partial charge in [-0.05, 0) is 44.9 Å². The van der Waals surface area contributed by atoms with Gasteiger partial charge < -0.3 is 10.2 Å². The minimum Gasteiger partial charge on any atom is -0.349 e. The second-order valence-corrected chi connectivity index (χ2v) is 11.0. The Hall–Kier alpha value is -4.85. The van der Waals surface area contributed by atoms with E-state index < -0.39 is 11.6 Å². The van der Waals surface area contributed by atoms with E-state index in [-0.39, 0.29) is 17.5 Å². The third-order valence-electron chi connectivity index (χ3n) is 6.95. The molecule has 1 unspecified atom stereocenters. The third kappa shape index (κ3) is 4.73. The van der Waals surface area contributed by atoms with Crippen LogP contribution in [0.5, 0.6) is 0 Å². The summed E-state index contributed by atoms with van der Waals surface area (Å²) >= 11 is 0. The first-order valence-corrected chi connectivity index (χ1v) is 13.4. The fraction of sp³-hybridized carbons (Fsp3) is 0.219. The van der Waals surface area contributed by atoms with Gasteiger partial charge in [-0.15, -0.1) is 5.10 Å². The Labute approximate surface area is 232 Å². The van der Waals surface area contributed by atoms with Gasteiger partial charge in [0.15, 0.2) is 11.5 Å². The molecule has 0 radical (unpaired) electrons. The zero-order valence-electron chi connectivity index (χ0n) is 22.7. The molecule has 40 heavy (non-hydrogen) atoms. The molecule has 0 spiro atoms. The first-order chi connectivity index (χ1) is 19.3. The van der Waals surface area contributed by atoms with Crippen molar-refractivity contribution in [2.75, 3.05) is 6.54 Å². The van der Waals surface area contributed by atoms with Crippen molar-refractivity contribution in [1.82, 2.24) is 30.2 Å². The van der Waals surface area contributed by atoms with Gasteiger partial charge in [-0.25, -0.2) is 4.98 Å². The molecule has 0 saturated heterocycles. The van der Waals surface area contributed by atoms with Crippen LogP contribution in [0.3, 0.4) is 0 Å². The van der Waals surface area contributed by atoms with E-state index in [9.17, 15) is 9.59 Å². The predicted molar refractivity (Wildman–Crippen MR) is 154 cm³/mol. The monoisotopic (exact) mass is 530 g/mol. The molecule has 2 amide bonds. The molecule has 0 bridgehead atoms. The van der Waals surface area contributed by atoms with Gasteiger partial charge in [-0.1, -0.05) is 84.1 Å². The van der Waals surface area contributed by atoms with E-state index in [1.165, 1.54) is 4.68 Å². The Morgan fingerprint density at radius 3 is 2.33 bits per heavy atom. The van der Waals surface area contributed by atoms with Gasteiger partial charge in [0, 0.05) is 28.6 Å². The van der Waals surface area contributed by atoms with Gasteiger partial charge in [0.25, 0.3) is 5.91 Å². The summed E-state index contributed by atoms with van der Waals surface area (Å²) in [5.41, 5.74) is 3.41. The highest BCUT2D eigenvalue weighted by Crippen LogP contribution is 2.37. The van der Waals surface area contributed by atoms with Crippen LogP contribution in [0.25, 0.3) is 28.0 Å². The first-order valence-electron chi connectivity index (χ1n) is 13.4. The van der Waals surface area contributed by atoms with E-state index in [0.717, 1.165) is 22.0 Å². The number of carbonyl (C=O) groups is 2. The smallest absolute Gasteiger partial charge is 0.275 e. The van der Waals surface area contributed by atoms with E-state index >= 15 is 0 Å². The van der Waals surface area contributed by atoms with Crippen LogP contribution in [-0.4, -0.2) is 48.8 Å². The predicted octanol–water partition coefficient (Wildman–Crippen LogP) is 5.14. The second kappa shape index (κ2) is 10.0. The van der Waals surface area contributed by atoms with Gasteiger partial charge in [-0.2, -0.15) is 4.68 Å². The van der Waals surface area contributed by atoms with Crippen molar-refractivity contribution in [3.8, 4) is 17.1 Å². The van der Waals surface area contributed by atoms with E-state index in [0.29, 0.717) is 30.0 Å². The van der Waals surface area contributed by atoms with Crippen molar-refractivity contribution in [1.29, 1.82) is 0 Å². The van der Waals surface area contributed by atoms with Crippen molar-refractivity contribution >= 4 is 22.7 Å². The maximum Gasteiger partial charge on any atom is 0.275 e. The van der Waals surface area contributed by atoms with E-state index in [1.807, 2.05) is 112 Å². The van der Waals surface area contributed by atoms with E-state index in [4.69, 9.17) is 4.98 Å². The zero-order chi connectivity index (χ0) is 27.9. The maximum absolute atomic E-state index is 14.6. The van der Waals surface area contributed by atoms with Crippen molar-refractivity contribution in [2.45, 2.75) is 38.8 Å². The minimum atomic E-state index is -0.923. The molecule has 1 aliphatic heterocycles. The van der Waals surface area contributed by atoms with Crippen molar-refractivity contribution in [3.63, 3.8) is 0 Å². The topological polar surface area (TPSA) is 93.0 Å². The van der Waals surface area contributed by atoms with Crippen molar-refractivity contribution in [3.05, 3.63) is 108 Å². The zero-order valence-corrected chi connectivity index (χ0v) is 22.7. The molecule has 8 heteroatoms. The SMILES string of the molecule is CC(C)(C)NC(=O)C1c2cc3ccccc3nc2-n2nnc(-c3ccccc3)c2C(=O)N1CCc1ccccc1. The Morgan fingerprint density at radius 1 is 0.925 bits per heavy atom. The van der Waals surface area contributed by atoms with Crippen LogP contribution in [0.2, 0.25) is 0 Å². The largest absolute Gasteiger partial charge is 0.349 e. The van der Waals surface area contributed by atoms with Gasteiger partial charge >= 0.3 is 0 Å². The number of aromatic nitrogens is 4. The molecular formula is C32H30N6O2. The summed E-state index contributed by atoms with van der Waals surface area (Å²) in [5.74, 6) is -0.170. The normalized spacial score (nSPS) is 14.9. The third-order valence-corrected chi connectivity index (χ3v) is 6.95. The molecule has 6 rings (SSSR count). The molecule has 200 valence electrons. The first kappa shape index (κ1) is 25.4. The number of nitrogens with zero attached hydrogens (tertiary/aromatic N) is 5. The fourth-order valence-corrected chi connectivity index (χ4v) is 5.17. The van der Waals surface area contributed by atoms with Crippen LogP contribution >= 0.6 is 0 Å². The molecule has 2 aromatic heterocycles. The summed E-state index contributed by atoms with van der Waals surface area (Å²) in [6, 6.07) is 28.2. The van der Waals surface area contributed by atoms with Crippen molar-refractivity contribution < 1.29 is 9.59 Å². The summed E-state index contributed by atoms with van der Waals surface area (Å²) in [6.45, 7) is 6.11. The molecule has 1 aliphatic rings. The second-order valence-electron chi connectivity index (χ2n) is 11.0. The fourth-order valence-electron chi connectivity index (χ4n) is 5.17. The standard InChI is InChI=1S/C32H30N6O2/c1-32(2,3)34-30(39)27-24-20-23-16-10-11-17-25(23)33-29(24)38-28(26(35-36-38)22-14-8-5-9-15-22)31(40)37(27)19-18-21-12-6-4-7-13-21/h4-17,20,27H,18-19H2,1-3H3,(H,34,39). The lowest BCUT2D eigenvalue weighted by molar-refractivity contribution is -0.127. The number of carbonyl (C=O) groups excluding carboxylic acids is 2. The van der Waals surface area contributed by atoms with Crippen LogP contribution in [-0.2, 0) is 11.2 Å². The maximum atomic E-state index is 14.6. The van der Waals surface area contributed by atoms with Gasteiger partial charge in [-0.3, -0.25) is 9.59 Å². The highest BCUT2D eigenvalue weighted by atomic mass is 16.2. The Morgan fingerprint density at radius 2 is 1.60 bits per heavy atom. The van der Waals surface area contributed by atoms with Crippen LogP contribution in [0, 0.1) is 0 Å². The minimum absolute atomic E-state index is 0.271. The van der Waals surface area contributed by atoms with Gasteiger partial charge in [0.05, 0.1) is 5.52 Å². The lowest BCUT2D eigenvalue weighted by Crippen LogP contribution is -2.49. The summed E-state index contributed by atoms with van der Waals surface area (Å²) in [5, 5.41) is 12.9. The molecule has 1 atom stereocenters. The molecular weight excluding hydrogens is 500 g/mol. The van der Waals surface area contributed by atoms with Crippen LogP contribution in [0.1, 0.15) is 48.4 Å². The Balaban J connectivity index is 1.59. The summed E-state index contributed by atoms with van der Waals surface area (Å²) in [7, 11) is 0. The lowest BCUT2D eigenvalue weighted by Gasteiger charge is -2.32. The van der Waals surface area contributed by atoms with Crippen LogP contribution in [0.15, 0.2) is 91.0 Å². The average molecular weight is 531 g/mol. The number of amides is 2. The molecule has 1 N–H and O–H groups in total. The van der Waals surface area contributed by atoms with Gasteiger partial charge in [0.1, 0.15) is 11.7 Å². The number of hydrogen-bond donors (Lipinski definition) is 1. The number of hydrogen-bond acceptors (Lipinski definition) is 5. The number of rotatable bonds is 5. The number of para-hydroxylation sites is 1. The molecule has 5 aromatic rings. The average Bonchev–Trinajstić information content (AvgIpc) is 3.36. The molecule has 8 nitrogen and oxygen atoms in total. The number of benzene rings is 3. The Bertz CT molecular complexity index is 1710. The Kier molecular flexibility index (Phi) is 6.38. The molecule has 3 aromatic carbocycles. The number of pyridine rings is 1. The molecule has 0 aliphatic carbocycles. The summed E-state index contributed by atoms with van der Waals surface area (Å²) in [4.78, 5) is 35.2. The van der Waals surface area contributed by atoms with Gasteiger partial charge in [0.2, 0.25) is 5.91 Å². The van der Waals surface area contributed by atoms with Crippen molar-refractivity contribution in [2.24, 2.45) is 0 Å². The molecule has 0 saturated carbocycles. The highest BCUT2D eigenvalue weighted by molar-refractivity contribution is 6.03.